The lowest BCUT2D eigenvalue weighted by molar-refractivity contribution is -0.132. The van der Waals surface area contributed by atoms with Gasteiger partial charge in [-0.15, -0.1) is 0 Å². The molecule has 0 bridgehead atoms. The molecule has 0 radical (unpaired) electrons. The monoisotopic (exact) mass is 306 g/mol. The molecule has 1 aliphatic carbocycles. The number of para-hydroxylation sites is 1. The van der Waals surface area contributed by atoms with Gasteiger partial charge in [0.15, 0.2) is 0 Å². The Morgan fingerprint density at radius 1 is 1.11 bits per heavy atom. The third-order valence-corrected chi connectivity index (χ3v) is 3.32. The first-order chi connectivity index (χ1) is 8.62. The number of allylic oxidation sites excluding steroid dienone is 2. The van der Waals surface area contributed by atoms with Crippen molar-refractivity contribution in [3.63, 3.8) is 0 Å². The van der Waals surface area contributed by atoms with Gasteiger partial charge >= 0.3 is 6.16 Å². The van der Waals surface area contributed by atoms with Gasteiger partial charge in [0.2, 0.25) is 11.4 Å². The van der Waals surface area contributed by atoms with E-state index in [1.165, 1.54) is 6.08 Å². The SMILES string of the molecule is O=C1Oc2ccccc2[C@@]2(C=C(Br)C=CC2=O)O1. The van der Waals surface area contributed by atoms with Crippen molar-refractivity contribution in [2.24, 2.45) is 0 Å². The second kappa shape index (κ2) is 3.81. The number of halogens is 1. The van der Waals surface area contributed by atoms with Gasteiger partial charge in [-0.25, -0.2) is 4.79 Å². The summed E-state index contributed by atoms with van der Waals surface area (Å²) in [6, 6.07) is 6.82. The minimum absolute atomic E-state index is 0.310. The van der Waals surface area contributed by atoms with Gasteiger partial charge in [0.25, 0.3) is 0 Å². The van der Waals surface area contributed by atoms with E-state index in [0.717, 1.165) is 0 Å². The lowest BCUT2D eigenvalue weighted by Gasteiger charge is -2.34. The zero-order valence-electron chi connectivity index (χ0n) is 9.05. The van der Waals surface area contributed by atoms with Crippen LogP contribution in [-0.2, 0) is 15.1 Å². The molecule has 1 heterocycles. The van der Waals surface area contributed by atoms with Crippen LogP contribution in [0.2, 0.25) is 0 Å². The fraction of sp³-hybridized carbons (Fsp3) is 0.0769. The highest BCUT2D eigenvalue weighted by Gasteiger charge is 2.48. The maximum atomic E-state index is 12.1. The van der Waals surface area contributed by atoms with Gasteiger partial charge in [0.1, 0.15) is 5.75 Å². The number of carbonyl (C=O) groups is 2. The van der Waals surface area contributed by atoms with Crippen molar-refractivity contribution >= 4 is 27.9 Å². The Kier molecular flexibility index (Phi) is 2.38. The first kappa shape index (κ1) is 11.2. The average molecular weight is 307 g/mol. The number of benzene rings is 1. The predicted octanol–water partition coefficient (Wildman–Crippen LogP) is 2.83. The molecule has 3 rings (SSSR count). The van der Waals surface area contributed by atoms with Crippen molar-refractivity contribution in [3.05, 3.63) is 52.5 Å². The topological polar surface area (TPSA) is 52.6 Å². The van der Waals surface area contributed by atoms with Crippen molar-refractivity contribution in [1.82, 2.24) is 0 Å². The Balaban J connectivity index is 2.26. The summed E-state index contributed by atoms with van der Waals surface area (Å²) in [4.78, 5) is 23.6. The lowest BCUT2D eigenvalue weighted by atomic mass is 9.85. The quantitative estimate of drug-likeness (QED) is 0.546. The van der Waals surface area contributed by atoms with E-state index in [2.05, 4.69) is 15.9 Å². The van der Waals surface area contributed by atoms with Gasteiger partial charge in [-0.2, -0.15) is 0 Å². The number of hydrogen-bond donors (Lipinski definition) is 0. The molecule has 0 aromatic heterocycles. The molecule has 90 valence electrons. The van der Waals surface area contributed by atoms with Gasteiger partial charge < -0.3 is 9.47 Å². The van der Waals surface area contributed by atoms with Crippen LogP contribution in [0.5, 0.6) is 5.75 Å². The summed E-state index contributed by atoms with van der Waals surface area (Å²) in [5.41, 5.74) is -0.893. The molecule has 0 unspecified atom stereocenters. The largest absolute Gasteiger partial charge is 0.515 e. The van der Waals surface area contributed by atoms with Crippen LogP contribution in [0.4, 0.5) is 4.79 Å². The van der Waals surface area contributed by atoms with Gasteiger partial charge in [-0.05, 0) is 24.3 Å². The van der Waals surface area contributed by atoms with Gasteiger partial charge in [-0.3, -0.25) is 4.79 Å². The normalized spacial score (nSPS) is 25.3. The molecule has 0 N–H and O–H groups in total. The fourth-order valence-corrected chi connectivity index (χ4v) is 2.50. The summed E-state index contributed by atoms with van der Waals surface area (Å²) < 4.78 is 10.8. The van der Waals surface area contributed by atoms with Gasteiger partial charge in [0.05, 0.1) is 5.56 Å². The van der Waals surface area contributed by atoms with Crippen LogP contribution in [0.15, 0.2) is 47.0 Å². The van der Waals surface area contributed by atoms with Gasteiger partial charge in [0, 0.05) is 4.48 Å². The highest BCUT2D eigenvalue weighted by molar-refractivity contribution is 9.11. The highest BCUT2D eigenvalue weighted by Crippen LogP contribution is 2.42. The third-order valence-electron chi connectivity index (χ3n) is 2.83. The maximum Gasteiger partial charge on any atom is 0.515 e. The van der Waals surface area contributed by atoms with Gasteiger partial charge in [-0.1, -0.05) is 34.1 Å². The van der Waals surface area contributed by atoms with Crippen molar-refractivity contribution in [3.8, 4) is 5.75 Å². The summed E-state index contributed by atoms with van der Waals surface area (Å²) in [6.07, 6.45) is 3.67. The molecule has 5 heteroatoms. The molecular formula is C13H7BrO4. The van der Waals surface area contributed by atoms with Crippen LogP contribution < -0.4 is 4.74 Å². The smallest absolute Gasteiger partial charge is 0.409 e. The Hall–Kier alpha value is -1.88. The zero-order chi connectivity index (χ0) is 12.8. The molecule has 0 saturated heterocycles. The van der Waals surface area contributed by atoms with Crippen LogP contribution in [-0.4, -0.2) is 11.9 Å². The predicted molar refractivity (Wildman–Crippen MR) is 66.4 cm³/mol. The zero-order valence-corrected chi connectivity index (χ0v) is 10.6. The summed E-state index contributed by atoms with van der Waals surface area (Å²) in [5.74, 6) is 0.0313. The number of rotatable bonds is 0. The Labute approximate surface area is 111 Å². The molecular weight excluding hydrogens is 300 g/mol. The summed E-state index contributed by atoms with van der Waals surface area (Å²) >= 11 is 3.29. The standard InChI is InChI=1S/C13H7BrO4/c14-8-5-6-11(15)13(7-8)9-3-1-2-4-10(9)17-12(16)18-13/h1-7H/t13-/m1/s1. The molecule has 1 atom stereocenters. The first-order valence-electron chi connectivity index (χ1n) is 5.23. The summed E-state index contributed by atoms with van der Waals surface area (Å²) in [7, 11) is 0. The van der Waals surface area contributed by atoms with Crippen LogP contribution >= 0.6 is 15.9 Å². The summed E-state index contributed by atoms with van der Waals surface area (Å²) in [5, 5.41) is 0. The van der Waals surface area contributed by atoms with Crippen molar-refractivity contribution in [2.45, 2.75) is 5.60 Å². The molecule has 1 spiro atoms. The minimum Gasteiger partial charge on any atom is -0.409 e. The molecule has 1 aliphatic heterocycles. The minimum atomic E-state index is -1.42. The van der Waals surface area contributed by atoms with E-state index < -0.39 is 11.8 Å². The Morgan fingerprint density at radius 2 is 1.89 bits per heavy atom. The van der Waals surface area contributed by atoms with Crippen LogP contribution in [0.1, 0.15) is 5.56 Å². The fourth-order valence-electron chi connectivity index (χ4n) is 2.04. The molecule has 1 aromatic rings. The van der Waals surface area contributed by atoms with E-state index in [4.69, 9.17) is 9.47 Å². The van der Waals surface area contributed by atoms with E-state index in [1.54, 1.807) is 36.4 Å². The molecule has 4 nitrogen and oxygen atoms in total. The second-order valence-corrected chi connectivity index (χ2v) is 4.83. The molecule has 18 heavy (non-hydrogen) atoms. The van der Waals surface area contributed by atoms with Crippen LogP contribution in [0.25, 0.3) is 0 Å². The maximum absolute atomic E-state index is 12.1. The number of ketones is 1. The number of hydrogen-bond acceptors (Lipinski definition) is 4. The van der Waals surface area contributed by atoms with E-state index in [9.17, 15) is 9.59 Å². The van der Waals surface area contributed by atoms with E-state index in [-0.39, 0.29) is 5.78 Å². The number of carbonyl (C=O) groups excluding carboxylic acids is 2. The Morgan fingerprint density at radius 3 is 2.72 bits per heavy atom. The third kappa shape index (κ3) is 1.51. The van der Waals surface area contributed by atoms with Crippen LogP contribution in [0, 0.1) is 0 Å². The van der Waals surface area contributed by atoms with Crippen molar-refractivity contribution in [1.29, 1.82) is 0 Å². The highest BCUT2D eigenvalue weighted by atomic mass is 79.9. The number of fused-ring (bicyclic) bond motifs is 2. The molecule has 0 fully saturated rings. The summed E-state index contributed by atoms with van der Waals surface area (Å²) in [6.45, 7) is 0. The average Bonchev–Trinajstić information content (AvgIpc) is 2.34. The van der Waals surface area contributed by atoms with Crippen LogP contribution in [0.3, 0.4) is 0 Å². The lowest BCUT2D eigenvalue weighted by Crippen LogP contribution is -2.43. The number of ether oxygens (including phenoxy) is 2. The van der Waals surface area contributed by atoms with E-state index in [1.807, 2.05) is 0 Å². The molecule has 2 aliphatic rings. The van der Waals surface area contributed by atoms with E-state index >= 15 is 0 Å². The first-order valence-corrected chi connectivity index (χ1v) is 6.02. The second-order valence-electron chi connectivity index (χ2n) is 3.91. The van der Waals surface area contributed by atoms with Crippen molar-refractivity contribution in [2.75, 3.05) is 0 Å². The molecule has 0 amide bonds. The molecule has 0 saturated carbocycles. The molecule has 1 aromatic carbocycles. The van der Waals surface area contributed by atoms with E-state index in [0.29, 0.717) is 15.8 Å². The Bertz CT molecular complexity index is 617. The van der Waals surface area contributed by atoms with Crippen molar-refractivity contribution < 1.29 is 19.1 Å².